The van der Waals surface area contributed by atoms with E-state index in [9.17, 15) is 0 Å². The molecule has 0 amide bonds. The lowest BCUT2D eigenvalue weighted by Crippen LogP contribution is -2.26. The summed E-state index contributed by atoms with van der Waals surface area (Å²) in [5.41, 5.74) is 2.79. The van der Waals surface area contributed by atoms with Gasteiger partial charge in [0.05, 0.1) is 6.61 Å². The van der Waals surface area contributed by atoms with Crippen molar-refractivity contribution in [3.63, 3.8) is 0 Å². The quantitative estimate of drug-likeness (QED) is 0.895. The molecule has 20 heavy (non-hydrogen) atoms. The van der Waals surface area contributed by atoms with Crippen LogP contribution in [0.3, 0.4) is 0 Å². The van der Waals surface area contributed by atoms with Gasteiger partial charge < -0.3 is 14.8 Å². The molecular formula is C17H25NO2. The van der Waals surface area contributed by atoms with Gasteiger partial charge in [-0.3, -0.25) is 0 Å². The number of hydrogen-bond acceptors (Lipinski definition) is 3. The maximum absolute atomic E-state index is 5.61. The largest absolute Gasteiger partial charge is 0.493 e. The van der Waals surface area contributed by atoms with E-state index in [0.717, 1.165) is 44.5 Å². The molecule has 0 aliphatic carbocycles. The molecule has 0 radical (unpaired) electrons. The lowest BCUT2D eigenvalue weighted by molar-refractivity contribution is 0.0606. The van der Waals surface area contributed by atoms with Crippen molar-refractivity contribution in [2.24, 2.45) is 5.92 Å². The Morgan fingerprint density at radius 2 is 2.10 bits per heavy atom. The monoisotopic (exact) mass is 275 g/mol. The third-order valence-corrected chi connectivity index (χ3v) is 4.48. The number of fused-ring (bicyclic) bond motifs is 1. The zero-order valence-electron chi connectivity index (χ0n) is 12.4. The highest BCUT2D eigenvalue weighted by molar-refractivity contribution is 5.40. The molecule has 0 saturated carbocycles. The van der Waals surface area contributed by atoms with E-state index in [-0.39, 0.29) is 0 Å². The van der Waals surface area contributed by atoms with Crippen LogP contribution in [0.2, 0.25) is 0 Å². The molecule has 2 aliphatic heterocycles. The number of rotatable bonds is 5. The number of benzene rings is 1. The Bertz CT molecular complexity index is 441. The van der Waals surface area contributed by atoms with Gasteiger partial charge in [-0.2, -0.15) is 0 Å². The van der Waals surface area contributed by atoms with E-state index in [1.807, 2.05) is 0 Å². The predicted molar refractivity (Wildman–Crippen MR) is 80.2 cm³/mol. The van der Waals surface area contributed by atoms with Gasteiger partial charge in [0.15, 0.2) is 0 Å². The number of ether oxygens (including phenoxy) is 2. The zero-order valence-corrected chi connectivity index (χ0v) is 12.4. The third-order valence-electron chi connectivity index (χ3n) is 4.48. The normalized spacial score (nSPS) is 20.4. The Hall–Kier alpha value is -1.06. The van der Waals surface area contributed by atoms with Gasteiger partial charge in [0, 0.05) is 25.7 Å². The SMILES string of the molecule is CCNC(CC1CCOCC1)c1ccc2c(c1)CCO2. The van der Waals surface area contributed by atoms with Crippen LogP contribution in [0.5, 0.6) is 5.75 Å². The fraction of sp³-hybridized carbons (Fsp3) is 0.647. The summed E-state index contributed by atoms with van der Waals surface area (Å²) >= 11 is 0. The summed E-state index contributed by atoms with van der Waals surface area (Å²) in [6, 6.07) is 7.19. The molecule has 1 fully saturated rings. The van der Waals surface area contributed by atoms with Crippen molar-refractivity contribution in [2.75, 3.05) is 26.4 Å². The van der Waals surface area contributed by atoms with Gasteiger partial charge >= 0.3 is 0 Å². The van der Waals surface area contributed by atoms with Crippen molar-refractivity contribution in [1.29, 1.82) is 0 Å². The first-order valence-electron chi connectivity index (χ1n) is 7.93. The highest BCUT2D eigenvalue weighted by atomic mass is 16.5. The van der Waals surface area contributed by atoms with Crippen LogP contribution in [-0.2, 0) is 11.2 Å². The van der Waals surface area contributed by atoms with E-state index in [4.69, 9.17) is 9.47 Å². The maximum atomic E-state index is 5.61. The molecule has 1 atom stereocenters. The first kappa shape index (κ1) is 13.9. The lowest BCUT2D eigenvalue weighted by atomic mass is 9.89. The highest BCUT2D eigenvalue weighted by Crippen LogP contribution is 2.32. The van der Waals surface area contributed by atoms with E-state index in [1.54, 1.807) is 0 Å². The molecule has 1 aromatic carbocycles. The molecular weight excluding hydrogens is 250 g/mol. The van der Waals surface area contributed by atoms with Crippen molar-refractivity contribution >= 4 is 0 Å². The van der Waals surface area contributed by atoms with Gasteiger partial charge in [-0.15, -0.1) is 0 Å². The predicted octanol–water partition coefficient (Wildman–Crippen LogP) is 3.09. The minimum absolute atomic E-state index is 0.467. The molecule has 1 aromatic rings. The average molecular weight is 275 g/mol. The van der Waals surface area contributed by atoms with Gasteiger partial charge in [-0.05, 0) is 48.9 Å². The molecule has 3 heteroatoms. The summed E-state index contributed by atoms with van der Waals surface area (Å²) in [6.07, 6.45) is 4.68. The summed E-state index contributed by atoms with van der Waals surface area (Å²) in [6.45, 7) is 5.91. The summed E-state index contributed by atoms with van der Waals surface area (Å²) in [5, 5.41) is 3.66. The molecule has 3 nitrogen and oxygen atoms in total. The second-order valence-electron chi connectivity index (χ2n) is 5.87. The molecule has 3 rings (SSSR count). The van der Waals surface area contributed by atoms with E-state index in [2.05, 4.69) is 30.4 Å². The Morgan fingerprint density at radius 1 is 1.25 bits per heavy atom. The molecule has 1 saturated heterocycles. The van der Waals surface area contributed by atoms with Crippen LogP contribution in [-0.4, -0.2) is 26.4 Å². The molecule has 0 spiro atoms. The third kappa shape index (κ3) is 3.15. The smallest absolute Gasteiger partial charge is 0.122 e. The van der Waals surface area contributed by atoms with E-state index < -0.39 is 0 Å². The molecule has 0 aromatic heterocycles. The fourth-order valence-corrected chi connectivity index (χ4v) is 3.32. The first-order chi connectivity index (χ1) is 9.86. The Labute approximate surface area is 121 Å². The molecule has 1 unspecified atom stereocenters. The van der Waals surface area contributed by atoms with Crippen LogP contribution < -0.4 is 10.1 Å². The maximum Gasteiger partial charge on any atom is 0.122 e. The Kier molecular flexibility index (Phi) is 4.58. The summed E-state index contributed by atoms with van der Waals surface area (Å²) in [7, 11) is 0. The highest BCUT2D eigenvalue weighted by Gasteiger charge is 2.21. The lowest BCUT2D eigenvalue weighted by Gasteiger charge is -2.27. The summed E-state index contributed by atoms with van der Waals surface area (Å²) < 4.78 is 11.1. The van der Waals surface area contributed by atoms with Gasteiger partial charge in [0.1, 0.15) is 5.75 Å². The van der Waals surface area contributed by atoms with Crippen LogP contribution in [0.4, 0.5) is 0 Å². The molecule has 1 N–H and O–H groups in total. The number of nitrogens with one attached hydrogen (secondary N) is 1. The van der Waals surface area contributed by atoms with Crippen molar-refractivity contribution in [3.05, 3.63) is 29.3 Å². The van der Waals surface area contributed by atoms with Crippen LogP contribution in [0.25, 0.3) is 0 Å². The molecule has 2 aliphatic rings. The van der Waals surface area contributed by atoms with Crippen LogP contribution in [0, 0.1) is 5.92 Å². The van der Waals surface area contributed by atoms with Gasteiger partial charge in [0.25, 0.3) is 0 Å². The Morgan fingerprint density at radius 3 is 2.90 bits per heavy atom. The first-order valence-corrected chi connectivity index (χ1v) is 7.93. The van der Waals surface area contributed by atoms with Gasteiger partial charge in [0.2, 0.25) is 0 Å². The zero-order chi connectivity index (χ0) is 13.8. The van der Waals surface area contributed by atoms with Crippen molar-refractivity contribution in [1.82, 2.24) is 5.32 Å². The van der Waals surface area contributed by atoms with Crippen LogP contribution in [0.1, 0.15) is 43.4 Å². The molecule has 2 heterocycles. The van der Waals surface area contributed by atoms with Crippen molar-refractivity contribution < 1.29 is 9.47 Å². The van der Waals surface area contributed by atoms with Crippen LogP contribution in [0.15, 0.2) is 18.2 Å². The van der Waals surface area contributed by atoms with Crippen LogP contribution >= 0.6 is 0 Å². The number of hydrogen-bond donors (Lipinski definition) is 1. The summed E-state index contributed by atoms with van der Waals surface area (Å²) in [5.74, 6) is 1.87. The molecule has 0 bridgehead atoms. The van der Waals surface area contributed by atoms with E-state index >= 15 is 0 Å². The average Bonchev–Trinajstić information content (AvgIpc) is 2.95. The fourth-order valence-electron chi connectivity index (χ4n) is 3.32. The van der Waals surface area contributed by atoms with Crippen molar-refractivity contribution in [3.8, 4) is 5.75 Å². The van der Waals surface area contributed by atoms with Crippen molar-refractivity contribution in [2.45, 2.75) is 38.6 Å². The van der Waals surface area contributed by atoms with Gasteiger partial charge in [-0.1, -0.05) is 19.1 Å². The minimum atomic E-state index is 0.467. The molecule has 110 valence electrons. The Balaban J connectivity index is 1.72. The second kappa shape index (κ2) is 6.59. The minimum Gasteiger partial charge on any atom is -0.493 e. The second-order valence-corrected chi connectivity index (χ2v) is 5.87. The topological polar surface area (TPSA) is 30.5 Å². The van der Waals surface area contributed by atoms with Gasteiger partial charge in [-0.25, -0.2) is 0 Å². The summed E-state index contributed by atoms with van der Waals surface area (Å²) in [4.78, 5) is 0. The van der Waals surface area contributed by atoms with E-state index in [0.29, 0.717) is 6.04 Å². The van der Waals surface area contributed by atoms with E-state index in [1.165, 1.54) is 30.4 Å². The standard InChI is InChI=1S/C17H25NO2/c1-2-18-16(11-13-5-8-19-9-6-13)14-3-4-17-15(12-14)7-10-20-17/h3-4,12-13,16,18H,2,5-11H2,1H3.